The Morgan fingerprint density at radius 1 is 1.21 bits per heavy atom. The number of carbonyl (C=O) groups is 1. The summed E-state index contributed by atoms with van der Waals surface area (Å²) >= 11 is 0. The number of pyridine rings is 1. The van der Waals surface area contributed by atoms with E-state index in [0.717, 1.165) is 46.1 Å². The lowest BCUT2D eigenvalue weighted by atomic mass is 10.0. The number of carbonyl (C=O) groups excluding carboxylic acids is 1. The van der Waals surface area contributed by atoms with Crippen molar-refractivity contribution in [3.63, 3.8) is 0 Å². The summed E-state index contributed by atoms with van der Waals surface area (Å²) in [4.78, 5) is 24.4. The second-order valence-corrected chi connectivity index (χ2v) is 8.22. The van der Waals surface area contributed by atoms with Crippen molar-refractivity contribution in [2.45, 2.75) is 46.0 Å². The highest BCUT2D eigenvalue weighted by Gasteiger charge is 2.29. The molecular weight excluding hydrogens is 420 g/mol. The predicted molar refractivity (Wildman–Crippen MR) is 123 cm³/mol. The van der Waals surface area contributed by atoms with E-state index in [9.17, 15) is 4.79 Å². The van der Waals surface area contributed by atoms with Gasteiger partial charge in [-0.2, -0.15) is 4.98 Å². The van der Waals surface area contributed by atoms with Gasteiger partial charge in [0.2, 0.25) is 11.7 Å². The van der Waals surface area contributed by atoms with E-state index in [2.05, 4.69) is 26.2 Å². The maximum Gasteiger partial charge on any atom is 0.306 e. The molecule has 1 atom stereocenters. The van der Waals surface area contributed by atoms with Crippen molar-refractivity contribution in [3.8, 4) is 28.7 Å². The van der Waals surface area contributed by atoms with E-state index in [1.165, 1.54) is 5.56 Å². The molecule has 0 fully saturated rings. The largest absolute Gasteiger partial charge is 0.478 e. The molecule has 1 unspecified atom stereocenters. The van der Waals surface area contributed by atoms with Crippen molar-refractivity contribution >= 4 is 16.9 Å². The first kappa shape index (κ1) is 21.2. The Labute approximate surface area is 191 Å². The van der Waals surface area contributed by atoms with Crippen molar-refractivity contribution in [3.05, 3.63) is 47.3 Å². The van der Waals surface area contributed by atoms with Crippen LogP contribution in [0, 0.1) is 6.92 Å². The highest BCUT2D eigenvalue weighted by Crippen LogP contribution is 2.40. The molecule has 0 bridgehead atoms. The van der Waals surface area contributed by atoms with Crippen LogP contribution in [0.1, 0.15) is 49.4 Å². The Morgan fingerprint density at radius 3 is 2.88 bits per heavy atom. The molecule has 0 aliphatic heterocycles. The molecule has 3 heterocycles. The van der Waals surface area contributed by atoms with Crippen LogP contribution in [0.5, 0.6) is 5.88 Å². The number of esters is 1. The molecule has 1 aliphatic rings. The number of aryl methyl sites for hydroxylation is 2. The third-order valence-electron chi connectivity index (χ3n) is 6.05. The average Bonchev–Trinajstić information content (AvgIpc) is 3.52. The lowest BCUT2D eigenvalue weighted by molar-refractivity contribution is -0.143. The standard InChI is InChI=1S/C25H26N4O4/c1-4-31-21(30)12-15-6-8-18-19-11-16(7-9-20(19)27-22(15)18)23-28-25(33-29-23)17-10-14(3)24(26-13-17)32-5-2/h7,9-11,13,15,27H,4-6,8,12H2,1-3H3. The first-order valence-electron chi connectivity index (χ1n) is 11.3. The molecule has 1 N–H and O–H groups in total. The van der Waals surface area contributed by atoms with Crippen LogP contribution in [0.25, 0.3) is 33.7 Å². The summed E-state index contributed by atoms with van der Waals surface area (Å²) in [5.41, 5.74) is 5.99. The highest BCUT2D eigenvalue weighted by molar-refractivity contribution is 5.89. The minimum atomic E-state index is -0.145. The van der Waals surface area contributed by atoms with Crippen molar-refractivity contribution < 1.29 is 18.8 Å². The Hall–Kier alpha value is -3.68. The molecule has 8 nitrogen and oxygen atoms in total. The Morgan fingerprint density at radius 2 is 2.09 bits per heavy atom. The molecule has 33 heavy (non-hydrogen) atoms. The van der Waals surface area contributed by atoms with Crippen LogP contribution in [0.2, 0.25) is 0 Å². The van der Waals surface area contributed by atoms with Gasteiger partial charge < -0.3 is 19.0 Å². The van der Waals surface area contributed by atoms with Crippen LogP contribution in [-0.2, 0) is 16.0 Å². The van der Waals surface area contributed by atoms with Gasteiger partial charge in [0.25, 0.3) is 5.89 Å². The monoisotopic (exact) mass is 446 g/mol. The number of nitrogens with one attached hydrogen (secondary N) is 1. The van der Waals surface area contributed by atoms with Gasteiger partial charge in [-0.15, -0.1) is 0 Å². The summed E-state index contributed by atoms with van der Waals surface area (Å²) in [6.45, 7) is 6.67. The van der Waals surface area contributed by atoms with Gasteiger partial charge in [-0.1, -0.05) is 5.16 Å². The maximum atomic E-state index is 12.0. The first-order chi connectivity index (χ1) is 16.1. The fourth-order valence-electron chi connectivity index (χ4n) is 4.54. The molecule has 4 aromatic rings. The zero-order valence-electron chi connectivity index (χ0n) is 19.0. The van der Waals surface area contributed by atoms with E-state index in [1.807, 2.05) is 39.0 Å². The van der Waals surface area contributed by atoms with E-state index in [4.69, 9.17) is 14.0 Å². The summed E-state index contributed by atoms with van der Waals surface area (Å²) in [6.07, 6.45) is 3.96. The molecule has 0 radical (unpaired) electrons. The number of H-pyrrole nitrogens is 1. The zero-order valence-corrected chi connectivity index (χ0v) is 19.0. The molecule has 1 aliphatic carbocycles. The quantitative estimate of drug-likeness (QED) is 0.400. The van der Waals surface area contributed by atoms with Gasteiger partial charge in [0, 0.05) is 39.8 Å². The summed E-state index contributed by atoms with van der Waals surface area (Å²) in [6, 6.07) is 8.03. The molecule has 5 rings (SSSR count). The SMILES string of the molecule is CCOC(=O)CC1CCc2c1[nH]c1ccc(-c3noc(-c4cnc(OCC)c(C)c4)n3)cc21. The number of ether oxygens (including phenoxy) is 2. The highest BCUT2D eigenvalue weighted by atomic mass is 16.5. The smallest absolute Gasteiger partial charge is 0.306 e. The third kappa shape index (κ3) is 3.97. The number of hydrogen-bond acceptors (Lipinski definition) is 7. The molecule has 3 aromatic heterocycles. The van der Waals surface area contributed by atoms with Gasteiger partial charge in [0.05, 0.1) is 25.2 Å². The van der Waals surface area contributed by atoms with Crippen molar-refractivity contribution in [1.82, 2.24) is 20.1 Å². The zero-order chi connectivity index (χ0) is 22.9. The molecule has 0 amide bonds. The lowest BCUT2D eigenvalue weighted by Crippen LogP contribution is -2.08. The van der Waals surface area contributed by atoms with Gasteiger partial charge in [-0.05, 0) is 63.4 Å². The van der Waals surface area contributed by atoms with Crippen LogP contribution < -0.4 is 4.74 Å². The van der Waals surface area contributed by atoms with Crippen LogP contribution in [-0.4, -0.2) is 39.3 Å². The molecule has 170 valence electrons. The van der Waals surface area contributed by atoms with Crippen molar-refractivity contribution in [2.24, 2.45) is 0 Å². The molecule has 0 saturated carbocycles. The van der Waals surface area contributed by atoms with Gasteiger partial charge in [-0.3, -0.25) is 4.79 Å². The Bertz CT molecular complexity index is 1320. The summed E-state index contributed by atoms with van der Waals surface area (Å²) < 4.78 is 16.2. The number of rotatable bonds is 7. The molecule has 0 spiro atoms. The molecule has 0 saturated heterocycles. The lowest BCUT2D eigenvalue weighted by Gasteiger charge is -2.08. The van der Waals surface area contributed by atoms with Gasteiger partial charge in [0.15, 0.2) is 0 Å². The number of aromatic nitrogens is 4. The van der Waals surface area contributed by atoms with Gasteiger partial charge in [-0.25, -0.2) is 4.98 Å². The minimum absolute atomic E-state index is 0.145. The van der Waals surface area contributed by atoms with Crippen molar-refractivity contribution in [1.29, 1.82) is 0 Å². The van der Waals surface area contributed by atoms with Crippen LogP contribution in [0.4, 0.5) is 0 Å². The summed E-state index contributed by atoms with van der Waals surface area (Å²) in [5, 5.41) is 5.33. The molecule has 1 aromatic carbocycles. The summed E-state index contributed by atoms with van der Waals surface area (Å²) in [5.74, 6) is 1.57. The van der Waals surface area contributed by atoms with Crippen LogP contribution in [0.15, 0.2) is 35.0 Å². The number of fused-ring (bicyclic) bond motifs is 3. The second kappa shape index (κ2) is 8.69. The van der Waals surface area contributed by atoms with Gasteiger partial charge in [0.1, 0.15) is 0 Å². The van der Waals surface area contributed by atoms with E-state index in [1.54, 1.807) is 6.20 Å². The molecule has 8 heteroatoms. The number of benzene rings is 1. The topological polar surface area (TPSA) is 103 Å². The van der Waals surface area contributed by atoms with E-state index in [0.29, 0.717) is 37.2 Å². The minimum Gasteiger partial charge on any atom is -0.478 e. The summed E-state index contributed by atoms with van der Waals surface area (Å²) in [7, 11) is 0. The van der Waals surface area contributed by atoms with Crippen LogP contribution in [0.3, 0.4) is 0 Å². The number of nitrogens with zero attached hydrogens (tertiary/aromatic N) is 3. The maximum absolute atomic E-state index is 12.0. The Balaban J connectivity index is 1.42. The fourth-order valence-corrected chi connectivity index (χ4v) is 4.54. The van der Waals surface area contributed by atoms with Gasteiger partial charge >= 0.3 is 5.97 Å². The average molecular weight is 447 g/mol. The normalized spacial score (nSPS) is 15.1. The predicted octanol–water partition coefficient (Wildman–Crippen LogP) is 4.97. The van der Waals surface area contributed by atoms with E-state index >= 15 is 0 Å². The van der Waals surface area contributed by atoms with Crippen molar-refractivity contribution in [2.75, 3.05) is 13.2 Å². The first-order valence-corrected chi connectivity index (χ1v) is 11.3. The van der Waals surface area contributed by atoms with E-state index < -0.39 is 0 Å². The second-order valence-electron chi connectivity index (χ2n) is 8.22. The third-order valence-corrected chi connectivity index (χ3v) is 6.05. The fraction of sp³-hybridized carbons (Fsp3) is 0.360. The van der Waals surface area contributed by atoms with E-state index in [-0.39, 0.29) is 11.9 Å². The van der Waals surface area contributed by atoms with Crippen LogP contribution >= 0.6 is 0 Å². The Kier molecular flexibility index (Phi) is 5.58. The number of aromatic amines is 1. The number of hydrogen-bond donors (Lipinski definition) is 1. The molecular formula is C25H26N4O4.